The van der Waals surface area contributed by atoms with Gasteiger partial charge in [-0.1, -0.05) is 13.8 Å². The molecule has 0 fully saturated rings. The zero-order chi connectivity index (χ0) is 13.6. The van der Waals surface area contributed by atoms with Gasteiger partial charge in [-0.15, -0.1) is 0 Å². The maximum Gasteiger partial charge on any atom is 0.227 e. The lowest BCUT2D eigenvalue weighted by Crippen LogP contribution is -2.46. The van der Waals surface area contributed by atoms with Crippen LogP contribution in [0.3, 0.4) is 0 Å². The van der Waals surface area contributed by atoms with Gasteiger partial charge < -0.3 is 16.4 Å². The van der Waals surface area contributed by atoms with Crippen molar-refractivity contribution in [1.29, 1.82) is 0 Å². The maximum atomic E-state index is 11.9. The second-order valence-electron chi connectivity index (χ2n) is 5.27. The van der Waals surface area contributed by atoms with Gasteiger partial charge in [0, 0.05) is 20.1 Å². The minimum Gasteiger partial charge on any atom is -0.359 e. The normalized spacial score (nSPS) is 13.4. The smallest absolute Gasteiger partial charge is 0.227 e. The molecule has 1 unspecified atom stereocenters. The lowest BCUT2D eigenvalue weighted by Gasteiger charge is -2.25. The van der Waals surface area contributed by atoms with E-state index >= 15 is 0 Å². The van der Waals surface area contributed by atoms with Gasteiger partial charge in [-0.2, -0.15) is 0 Å². The number of rotatable bonds is 6. The Bertz CT molecular complexity index is 275. The zero-order valence-electron chi connectivity index (χ0n) is 11.5. The molecular formula is C12H25N3O2. The van der Waals surface area contributed by atoms with Crippen LogP contribution in [0.1, 0.15) is 27.7 Å². The van der Waals surface area contributed by atoms with E-state index in [1.54, 1.807) is 20.9 Å². The molecule has 2 amide bonds. The summed E-state index contributed by atoms with van der Waals surface area (Å²) >= 11 is 0. The van der Waals surface area contributed by atoms with Crippen LogP contribution in [0.2, 0.25) is 0 Å². The molecule has 0 aromatic rings. The molecule has 100 valence electrons. The van der Waals surface area contributed by atoms with E-state index < -0.39 is 5.41 Å². The number of amides is 2. The minimum atomic E-state index is -0.611. The Labute approximate surface area is 104 Å². The predicted molar refractivity (Wildman–Crippen MR) is 68.2 cm³/mol. The van der Waals surface area contributed by atoms with E-state index in [1.807, 2.05) is 13.8 Å². The molecule has 5 nitrogen and oxygen atoms in total. The monoisotopic (exact) mass is 243 g/mol. The van der Waals surface area contributed by atoms with Gasteiger partial charge in [-0.25, -0.2) is 0 Å². The molecule has 0 aromatic carbocycles. The molecule has 0 aliphatic heterocycles. The average molecular weight is 243 g/mol. The van der Waals surface area contributed by atoms with Crippen LogP contribution in [0.15, 0.2) is 0 Å². The van der Waals surface area contributed by atoms with Crippen molar-refractivity contribution in [2.45, 2.75) is 27.7 Å². The number of hydrogen-bond acceptors (Lipinski definition) is 3. The summed E-state index contributed by atoms with van der Waals surface area (Å²) in [5.41, 5.74) is 4.95. The van der Waals surface area contributed by atoms with Crippen molar-refractivity contribution in [3.05, 3.63) is 0 Å². The van der Waals surface area contributed by atoms with E-state index in [-0.39, 0.29) is 23.7 Å². The molecule has 0 saturated heterocycles. The van der Waals surface area contributed by atoms with E-state index in [2.05, 4.69) is 10.6 Å². The third-order valence-electron chi connectivity index (χ3n) is 2.94. The molecular weight excluding hydrogens is 218 g/mol. The first kappa shape index (κ1) is 15.9. The number of nitrogens with two attached hydrogens (primary N) is 1. The topological polar surface area (TPSA) is 84.2 Å². The molecule has 0 heterocycles. The quantitative estimate of drug-likeness (QED) is 0.619. The Morgan fingerprint density at radius 3 is 2.18 bits per heavy atom. The van der Waals surface area contributed by atoms with Crippen LogP contribution in [0.4, 0.5) is 0 Å². The Hall–Kier alpha value is -1.10. The van der Waals surface area contributed by atoms with E-state index in [4.69, 9.17) is 5.73 Å². The van der Waals surface area contributed by atoms with Crippen LogP contribution in [0, 0.1) is 17.3 Å². The van der Waals surface area contributed by atoms with Crippen molar-refractivity contribution in [1.82, 2.24) is 10.6 Å². The molecule has 0 rings (SSSR count). The van der Waals surface area contributed by atoms with E-state index in [1.165, 1.54) is 0 Å². The summed E-state index contributed by atoms with van der Waals surface area (Å²) in [5, 5.41) is 5.37. The SMILES string of the molecule is CNC(=O)C(C)(C)CNC(=O)C(CN)C(C)C. The molecule has 1 atom stereocenters. The standard InChI is InChI=1S/C12H25N3O2/c1-8(2)9(6-13)10(16)15-7-12(3,4)11(17)14-5/h8-9H,6-7,13H2,1-5H3,(H,14,17)(H,15,16). The second kappa shape index (κ2) is 6.59. The van der Waals surface area contributed by atoms with Gasteiger partial charge in [-0.3, -0.25) is 9.59 Å². The fourth-order valence-electron chi connectivity index (χ4n) is 1.54. The fraction of sp³-hybridized carbons (Fsp3) is 0.833. The zero-order valence-corrected chi connectivity index (χ0v) is 11.5. The second-order valence-corrected chi connectivity index (χ2v) is 5.27. The van der Waals surface area contributed by atoms with E-state index in [0.717, 1.165) is 0 Å². The van der Waals surface area contributed by atoms with Crippen molar-refractivity contribution in [2.75, 3.05) is 20.1 Å². The highest BCUT2D eigenvalue weighted by Crippen LogP contribution is 2.15. The highest BCUT2D eigenvalue weighted by molar-refractivity contribution is 5.83. The number of nitrogens with one attached hydrogen (secondary N) is 2. The molecule has 0 aliphatic rings. The lowest BCUT2D eigenvalue weighted by atomic mass is 9.90. The van der Waals surface area contributed by atoms with Crippen LogP contribution in [-0.4, -0.2) is 32.0 Å². The van der Waals surface area contributed by atoms with Crippen LogP contribution < -0.4 is 16.4 Å². The first-order valence-electron chi connectivity index (χ1n) is 5.96. The highest BCUT2D eigenvalue weighted by Gasteiger charge is 2.28. The average Bonchev–Trinajstić information content (AvgIpc) is 2.25. The summed E-state index contributed by atoms with van der Waals surface area (Å²) in [6, 6.07) is 0. The Morgan fingerprint density at radius 2 is 1.82 bits per heavy atom. The number of carbonyl (C=O) groups excluding carboxylic acids is 2. The summed E-state index contributed by atoms with van der Waals surface area (Å²) in [6.07, 6.45) is 0. The molecule has 5 heteroatoms. The number of carbonyl (C=O) groups is 2. The fourth-order valence-corrected chi connectivity index (χ4v) is 1.54. The third kappa shape index (κ3) is 4.73. The summed E-state index contributed by atoms with van der Waals surface area (Å²) in [7, 11) is 1.59. The summed E-state index contributed by atoms with van der Waals surface area (Å²) < 4.78 is 0. The molecule has 0 radical (unpaired) electrons. The van der Waals surface area contributed by atoms with Gasteiger partial charge in [-0.05, 0) is 19.8 Å². The summed E-state index contributed by atoms with van der Waals surface area (Å²) in [6.45, 7) is 8.14. The molecule has 0 aliphatic carbocycles. The Morgan fingerprint density at radius 1 is 1.29 bits per heavy atom. The third-order valence-corrected chi connectivity index (χ3v) is 2.94. The van der Waals surface area contributed by atoms with Gasteiger partial charge in [0.25, 0.3) is 0 Å². The van der Waals surface area contributed by atoms with Crippen LogP contribution in [0.5, 0.6) is 0 Å². The van der Waals surface area contributed by atoms with Crippen LogP contribution >= 0.6 is 0 Å². The van der Waals surface area contributed by atoms with Crippen LogP contribution in [0.25, 0.3) is 0 Å². The molecule has 0 saturated carbocycles. The molecule has 0 spiro atoms. The van der Waals surface area contributed by atoms with Crippen molar-refractivity contribution >= 4 is 11.8 Å². The minimum absolute atomic E-state index is 0.0838. The van der Waals surface area contributed by atoms with Gasteiger partial charge >= 0.3 is 0 Å². The summed E-state index contributed by atoms with van der Waals surface area (Å²) in [4.78, 5) is 23.4. The highest BCUT2D eigenvalue weighted by atomic mass is 16.2. The summed E-state index contributed by atoms with van der Waals surface area (Å²) in [5.74, 6) is -0.176. The first-order valence-corrected chi connectivity index (χ1v) is 5.96. The lowest BCUT2D eigenvalue weighted by molar-refractivity contribution is -0.130. The van der Waals surface area contributed by atoms with Gasteiger partial charge in [0.05, 0.1) is 11.3 Å². The van der Waals surface area contributed by atoms with Gasteiger partial charge in [0.1, 0.15) is 0 Å². The largest absolute Gasteiger partial charge is 0.359 e. The molecule has 4 N–H and O–H groups in total. The Balaban J connectivity index is 4.37. The first-order chi connectivity index (χ1) is 7.76. The van der Waals surface area contributed by atoms with E-state index in [0.29, 0.717) is 13.1 Å². The van der Waals surface area contributed by atoms with Crippen molar-refractivity contribution in [3.63, 3.8) is 0 Å². The molecule has 17 heavy (non-hydrogen) atoms. The molecule has 0 bridgehead atoms. The van der Waals surface area contributed by atoms with Gasteiger partial charge in [0.15, 0.2) is 0 Å². The maximum absolute atomic E-state index is 11.9. The molecule has 0 aromatic heterocycles. The Kier molecular flexibility index (Phi) is 6.16. The van der Waals surface area contributed by atoms with Crippen molar-refractivity contribution < 1.29 is 9.59 Å². The van der Waals surface area contributed by atoms with Crippen molar-refractivity contribution in [2.24, 2.45) is 23.0 Å². The predicted octanol–water partition coefficient (Wildman–Crippen LogP) is 0.106. The van der Waals surface area contributed by atoms with Gasteiger partial charge in [0.2, 0.25) is 11.8 Å². The van der Waals surface area contributed by atoms with Crippen LogP contribution in [-0.2, 0) is 9.59 Å². The number of hydrogen-bond donors (Lipinski definition) is 3. The van der Waals surface area contributed by atoms with Crippen molar-refractivity contribution in [3.8, 4) is 0 Å². The van der Waals surface area contributed by atoms with E-state index in [9.17, 15) is 9.59 Å².